The van der Waals surface area contributed by atoms with Crippen LogP contribution >= 0.6 is 24.4 Å². The first-order valence-corrected chi connectivity index (χ1v) is 2.04. The highest BCUT2D eigenvalue weighted by atomic mass is 32.1. The molecule has 40 valence electrons. The van der Waals surface area contributed by atoms with E-state index in [1.165, 1.54) is 0 Å². The van der Waals surface area contributed by atoms with E-state index < -0.39 is 4.92 Å². The molecule has 0 radical (unpaired) electrons. The molecule has 0 saturated carbocycles. The van der Waals surface area contributed by atoms with Crippen molar-refractivity contribution in [2.75, 3.05) is 7.05 Å². The molecule has 0 aliphatic rings. The van der Waals surface area contributed by atoms with Gasteiger partial charge in [0.15, 0.2) is 7.05 Å². The number of nitro groups is 1. The van der Waals surface area contributed by atoms with E-state index in [4.69, 9.17) is 10.1 Å². The number of hydrogen-bond donors (Lipinski definition) is 0. The largest absolute Gasteiger partial charge is 0.265 e. The van der Waals surface area contributed by atoms with Crippen molar-refractivity contribution in [1.29, 1.82) is 0 Å². The van der Waals surface area contributed by atoms with Crippen LogP contribution in [0.5, 0.6) is 0 Å². The van der Waals surface area contributed by atoms with E-state index in [9.17, 15) is 0 Å². The van der Waals surface area contributed by atoms with Gasteiger partial charge in [-0.3, -0.25) is 10.1 Å². The first kappa shape index (κ1) is 9.80. The van der Waals surface area contributed by atoms with Crippen LogP contribution in [0.2, 0.25) is 0 Å². The summed E-state index contributed by atoms with van der Waals surface area (Å²) in [5, 5.41) is 8.81. The van der Waals surface area contributed by atoms with E-state index >= 15 is 0 Å². The monoisotopic (exact) mass is 137 g/mol. The maximum atomic E-state index is 8.81. The van der Waals surface area contributed by atoms with Crippen LogP contribution in [-0.4, -0.2) is 16.3 Å². The molecule has 7 heavy (non-hydrogen) atoms. The Hall–Kier alpha value is -0.380. The zero-order chi connectivity index (χ0) is 6.28. The predicted octanol–water partition coefficient (Wildman–Crippen LogP) is 0.911. The van der Waals surface area contributed by atoms with Gasteiger partial charge in [0, 0.05) is 9.24 Å². The summed E-state index contributed by atoms with van der Waals surface area (Å²) in [6.45, 7) is 0. The van der Waals surface area contributed by atoms with Crippen LogP contribution in [0.1, 0.15) is 0 Å². The molecule has 0 aliphatic heterocycles. The highest BCUT2D eigenvalue weighted by Gasteiger charge is 1.57. The smallest absolute Gasteiger partial charge is 0.194 e. The predicted molar refractivity (Wildman–Crippen MR) is 33.1 cm³/mol. The standard InChI is InChI=1S/CH3NO2.CS2/c1-2(3)4;2-1-3/h1H3;. The van der Waals surface area contributed by atoms with Gasteiger partial charge in [-0.15, -0.1) is 0 Å². The molecule has 0 aliphatic carbocycles. The maximum absolute atomic E-state index is 8.81. The molecular weight excluding hydrogens is 134 g/mol. The second kappa shape index (κ2) is 9.15. The molecule has 0 heterocycles. The fourth-order valence-electron chi connectivity index (χ4n) is 0. The lowest BCUT2D eigenvalue weighted by molar-refractivity contribution is -0.445. The zero-order valence-electron chi connectivity index (χ0n) is 3.58. The second-order valence-electron chi connectivity index (χ2n) is 0.523. The number of thiocarbonyl (C=S) groups is 2. The summed E-state index contributed by atoms with van der Waals surface area (Å²) in [6.07, 6.45) is 0. The van der Waals surface area contributed by atoms with Gasteiger partial charge in [-0.2, -0.15) is 0 Å². The van der Waals surface area contributed by atoms with E-state index in [2.05, 4.69) is 24.4 Å². The Morgan fingerprint density at radius 1 is 1.71 bits per heavy atom. The molecule has 0 unspecified atom stereocenters. The molecule has 0 N–H and O–H groups in total. The Bertz CT molecular complexity index is 81.7. The molecule has 0 amide bonds. The van der Waals surface area contributed by atoms with Crippen LogP contribution in [0.3, 0.4) is 0 Å². The summed E-state index contributed by atoms with van der Waals surface area (Å²) in [6, 6.07) is 0. The maximum Gasteiger partial charge on any atom is 0.194 e. The van der Waals surface area contributed by atoms with E-state index in [-0.39, 0.29) is 0 Å². The molecule has 0 aromatic carbocycles. The topological polar surface area (TPSA) is 43.1 Å². The van der Waals surface area contributed by atoms with E-state index in [1.807, 2.05) is 4.31 Å². The van der Waals surface area contributed by atoms with Gasteiger partial charge < -0.3 is 0 Å². The third-order valence-electron chi connectivity index (χ3n) is 0. The Morgan fingerprint density at radius 3 is 1.71 bits per heavy atom. The molecule has 0 rings (SSSR count). The van der Waals surface area contributed by atoms with Crippen molar-refractivity contribution in [3.05, 3.63) is 10.1 Å². The van der Waals surface area contributed by atoms with Crippen molar-refractivity contribution >= 4 is 28.7 Å². The average molecular weight is 137 g/mol. The molecule has 0 saturated heterocycles. The zero-order valence-corrected chi connectivity index (χ0v) is 5.21. The summed E-state index contributed by atoms with van der Waals surface area (Å²) >= 11 is 7.92. The molecule has 5 heteroatoms. The van der Waals surface area contributed by atoms with Crippen molar-refractivity contribution in [3.8, 4) is 0 Å². The average Bonchev–Trinajstić information content (AvgIpc) is 1.33. The van der Waals surface area contributed by atoms with Gasteiger partial charge in [0.25, 0.3) is 0 Å². The lowest BCUT2D eigenvalue weighted by Crippen LogP contribution is -1.79. The summed E-state index contributed by atoms with van der Waals surface area (Å²) in [4.78, 5) is 8.31. The van der Waals surface area contributed by atoms with Crippen molar-refractivity contribution in [1.82, 2.24) is 0 Å². The van der Waals surface area contributed by atoms with Crippen molar-refractivity contribution in [3.63, 3.8) is 0 Å². The molecule has 0 bridgehead atoms. The number of nitrogens with zero attached hydrogens (tertiary/aromatic N) is 1. The van der Waals surface area contributed by atoms with Gasteiger partial charge in [0.05, 0.1) is 0 Å². The highest BCUT2D eigenvalue weighted by molar-refractivity contribution is 7.93. The Morgan fingerprint density at radius 2 is 1.71 bits per heavy atom. The lowest BCUT2D eigenvalue weighted by Gasteiger charge is -1.63. The SMILES string of the molecule is C[N+](=O)[O-].S=C=S. The van der Waals surface area contributed by atoms with Gasteiger partial charge in [-0.1, -0.05) is 0 Å². The summed E-state index contributed by atoms with van der Waals surface area (Å²) in [7, 11) is 0.889. The molecule has 0 aromatic heterocycles. The Balaban J connectivity index is 0. The minimum absolute atomic E-state index is 0.500. The van der Waals surface area contributed by atoms with Crippen LogP contribution in [0, 0.1) is 10.1 Å². The van der Waals surface area contributed by atoms with Gasteiger partial charge in [-0.25, -0.2) is 0 Å². The summed E-state index contributed by atoms with van der Waals surface area (Å²) < 4.78 is 1.92. The fourth-order valence-corrected chi connectivity index (χ4v) is 0. The van der Waals surface area contributed by atoms with Crippen LogP contribution in [0.15, 0.2) is 0 Å². The van der Waals surface area contributed by atoms with E-state index in [0.717, 1.165) is 7.05 Å². The Kier molecular flexibility index (Phi) is 12.8. The van der Waals surface area contributed by atoms with Gasteiger partial charge in [0.2, 0.25) is 0 Å². The minimum atomic E-state index is -0.500. The molecule has 0 fully saturated rings. The van der Waals surface area contributed by atoms with Gasteiger partial charge in [0.1, 0.15) is 0 Å². The molecule has 0 atom stereocenters. The van der Waals surface area contributed by atoms with Crippen LogP contribution in [-0.2, 0) is 0 Å². The molecule has 0 aromatic rings. The minimum Gasteiger partial charge on any atom is -0.265 e. The molecular formula is C2H3NO2S2. The quantitative estimate of drug-likeness (QED) is 0.283. The number of rotatable bonds is 0. The summed E-state index contributed by atoms with van der Waals surface area (Å²) in [5.41, 5.74) is 0. The first-order valence-electron chi connectivity index (χ1n) is 1.22. The Labute approximate surface area is 51.5 Å². The third-order valence-corrected chi connectivity index (χ3v) is 0. The van der Waals surface area contributed by atoms with Crippen molar-refractivity contribution in [2.24, 2.45) is 0 Å². The third kappa shape index (κ3) is 510. The van der Waals surface area contributed by atoms with Crippen LogP contribution in [0.4, 0.5) is 0 Å². The van der Waals surface area contributed by atoms with Gasteiger partial charge in [-0.05, 0) is 24.4 Å². The fraction of sp³-hybridized carbons (Fsp3) is 0.500. The second-order valence-corrected chi connectivity index (χ2v) is 1.19. The summed E-state index contributed by atoms with van der Waals surface area (Å²) in [5.74, 6) is 0. The van der Waals surface area contributed by atoms with Crippen molar-refractivity contribution in [2.45, 2.75) is 0 Å². The van der Waals surface area contributed by atoms with Crippen LogP contribution < -0.4 is 0 Å². The number of hydrogen-bond acceptors (Lipinski definition) is 4. The normalized spacial score (nSPS) is 4.71. The first-order chi connectivity index (χ1) is 3.15. The highest BCUT2D eigenvalue weighted by Crippen LogP contribution is 1.39. The molecule has 0 spiro atoms. The van der Waals surface area contributed by atoms with E-state index in [1.54, 1.807) is 0 Å². The van der Waals surface area contributed by atoms with Crippen molar-refractivity contribution < 1.29 is 4.92 Å². The van der Waals surface area contributed by atoms with Crippen LogP contribution in [0.25, 0.3) is 0 Å². The van der Waals surface area contributed by atoms with E-state index in [0.29, 0.717) is 0 Å². The van der Waals surface area contributed by atoms with Gasteiger partial charge >= 0.3 is 0 Å². The lowest BCUT2D eigenvalue weighted by atomic mass is 11.5. The molecule has 3 nitrogen and oxygen atoms in total.